The zero-order valence-electron chi connectivity index (χ0n) is 8.97. The van der Waals surface area contributed by atoms with Gasteiger partial charge in [-0.3, -0.25) is 4.79 Å². The number of esters is 1. The first kappa shape index (κ1) is 11.4. The van der Waals surface area contributed by atoms with Crippen LogP contribution in [0, 0.1) is 0 Å². The summed E-state index contributed by atoms with van der Waals surface area (Å²) in [7, 11) is 0. The van der Waals surface area contributed by atoms with Gasteiger partial charge < -0.3 is 10.1 Å². The highest BCUT2D eigenvalue weighted by Crippen LogP contribution is 2.22. The molecule has 0 heterocycles. The lowest BCUT2D eigenvalue weighted by Crippen LogP contribution is -2.48. The molecule has 2 atom stereocenters. The Labute approximate surface area is 84.0 Å². The van der Waals surface area contributed by atoms with Gasteiger partial charge in [-0.1, -0.05) is 0 Å². The molecule has 0 amide bonds. The van der Waals surface area contributed by atoms with Crippen molar-refractivity contribution in [2.45, 2.75) is 51.4 Å². The van der Waals surface area contributed by atoms with Crippen LogP contribution in [-0.2, 0) is 9.53 Å². The van der Waals surface area contributed by atoms with Crippen molar-refractivity contribution in [2.75, 3.05) is 6.54 Å². The molecule has 0 bridgehead atoms. The van der Waals surface area contributed by atoms with Crippen LogP contribution in [0.3, 0.4) is 0 Å². The molecule has 0 saturated heterocycles. The number of carbonyl (C=O) groups is 1. The quantitative estimate of drug-likeness (QED) is 0.705. The van der Waals surface area contributed by atoms with E-state index in [0.29, 0.717) is 6.42 Å². The van der Waals surface area contributed by atoms with Crippen LogP contribution >= 0.6 is 0 Å². The summed E-state index contributed by atoms with van der Waals surface area (Å²) in [6, 6.07) is -0.150. The normalized spacial score (nSPS) is 26.9. The molecule has 0 aromatic carbocycles. The van der Waals surface area contributed by atoms with Crippen molar-refractivity contribution in [2.24, 2.45) is 0 Å². The molecule has 1 aliphatic rings. The van der Waals surface area contributed by atoms with Crippen LogP contribution in [0.15, 0.2) is 0 Å². The van der Waals surface area contributed by atoms with Crippen LogP contribution in [-0.4, -0.2) is 30.3 Å². The molecule has 4 heteroatoms. The fourth-order valence-corrected chi connectivity index (χ4v) is 1.28. The van der Waals surface area contributed by atoms with E-state index in [2.05, 4.69) is 5.32 Å². The fourth-order valence-electron chi connectivity index (χ4n) is 1.28. The van der Waals surface area contributed by atoms with Crippen molar-refractivity contribution in [1.29, 1.82) is 0 Å². The van der Waals surface area contributed by atoms with Gasteiger partial charge in [-0.2, -0.15) is 0 Å². The van der Waals surface area contributed by atoms with Crippen LogP contribution < -0.4 is 5.32 Å². The number of ether oxygens (including phenoxy) is 1. The third-order valence-electron chi connectivity index (χ3n) is 2.12. The maximum absolute atomic E-state index is 12.8. The summed E-state index contributed by atoms with van der Waals surface area (Å²) >= 11 is 0. The summed E-state index contributed by atoms with van der Waals surface area (Å²) in [5.41, 5.74) is -0.465. The Kier molecular flexibility index (Phi) is 3.48. The fraction of sp³-hybridized carbons (Fsp3) is 0.900. The largest absolute Gasteiger partial charge is 0.459 e. The van der Waals surface area contributed by atoms with Crippen LogP contribution in [0.4, 0.5) is 4.39 Å². The maximum Gasteiger partial charge on any atom is 0.320 e. The lowest BCUT2D eigenvalue weighted by atomic mass is 9.91. The van der Waals surface area contributed by atoms with E-state index in [9.17, 15) is 9.18 Å². The van der Waals surface area contributed by atoms with Gasteiger partial charge in [-0.25, -0.2) is 4.39 Å². The van der Waals surface area contributed by atoms with Crippen molar-refractivity contribution < 1.29 is 13.9 Å². The van der Waals surface area contributed by atoms with Crippen molar-refractivity contribution in [3.05, 3.63) is 0 Å². The predicted molar refractivity (Wildman–Crippen MR) is 51.8 cm³/mol. The molecule has 0 spiro atoms. The maximum atomic E-state index is 12.8. The first-order valence-electron chi connectivity index (χ1n) is 4.98. The molecular formula is C10H18FNO2. The summed E-state index contributed by atoms with van der Waals surface area (Å²) in [6.07, 6.45) is 0.619. The number of halogens is 1. The lowest BCUT2D eigenvalue weighted by Gasteiger charge is -2.31. The van der Waals surface area contributed by atoms with Crippen LogP contribution in [0.5, 0.6) is 0 Å². The minimum atomic E-state index is -0.794. The number of hydrogen-bond acceptors (Lipinski definition) is 3. The van der Waals surface area contributed by atoms with Crippen LogP contribution in [0.1, 0.15) is 33.6 Å². The van der Waals surface area contributed by atoms with Gasteiger partial charge in [0.25, 0.3) is 0 Å². The monoisotopic (exact) mass is 203 g/mol. The summed E-state index contributed by atoms with van der Waals surface area (Å²) in [4.78, 5) is 11.2. The molecule has 0 radical (unpaired) electrons. The Hall–Kier alpha value is -0.640. The first-order chi connectivity index (χ1) is 6.38. The number of carbonyl (C=O) groups excluding carboxylic acids is 1. The second kappa shape index (κ2) is 4.26. The molecule has 3 nitrogen and oxygen atoms in total. The summed E-state index contributed by atoms with van der Waals surface area (Å²) in [6.45, 7) is 5.53. The SMILES string of the molecule is CC(C)(C)OC(=O)CNC1CCC1F. The molecular weight excluding hydrogens is 185 g/mol. The minimum absolute atomic E-state index is 0.0996. The van der Waals surface area contributed by atoms with E-state index in [1.54, 1.807) is 0 Å². The van der Waals surface area contributed by atoms with Gasteiger partial charge >= 0.3 is 5.97 Å². The average molecular weight is 203 g/mol. The van der Waals surface area contributed by atoms with E-state index in [1.807, 2.05) is 20.8 Å². The number of alkyl halides is 1. The molecule has 0 aromatic rings. The molecule has 82 valence electrons. The zero-order chi connectivity index (χ0) is 10.8. The first-order valence-corrected chi connectivity index (χ1v) is 4.98. The molecule has 0 aromatic heterocycles. The molecule has 14 heavy (non-hydrogen) atoms. The Bertz CT molecular complexity index is 213. The topological polar surface area (TPSA) is 38.3 Å². The molecule has 1 N–H and O–H groups in total. The predicted octanol–water partition coefficient (Wildman–Crippen LogP) is 1.42. The van der Waals surface area contributed by atoms with Crippen molar-refractivity contribution in [1.82, 2.24) is 5.32 Å². The van der Waals surface area contributed by atoms with Gasteiger partial charge in [-0.05, 0) is 33.6 Å². The molecule has 0 aliphatic heterocycles. The number of hydrogen-bond donors (Lipinski definition) is 1. The third-order valence-corrected chi connectivity index (χ3v) is 2.12. The summed E-state index contributed by atoms with van der Waals surface area (Å²) in [5.74, 6) is -0.323. The van der Waals surface area contributed by atoms with Gasteiger partial charge in [-0.15, -0.1) is 0 Å². The summed E-state index contributed by atoms with van der Waals surface area (Å²) in [5, 5.41) is 2.84. The van der Waals surface area contributed by atoms with Gasteiger partial charge in [0.05, 0.1) is 6.54 Å². The number of nitrogens with one attached hydrogen (secondary N) is 1. The van der Waals surface area contributed by atoms with Crippen LogP contribution in [0.25, 0.3) is 0 Å². The second-order valence-corrected chi connectivity index (χ2v) is 4.67. The van der Waals surface area contributed by atoms with Gasteiger partial charge in [0.1, 0.15) is 11.8 Å². The molecule has 1 saturated carbocycles. The van der Waals surface area contributed by atoms with Crippen LogP contribution in [0.2, 0.25) is 0 Å². The van der Waals surface area contributed by atoms with Gasteiger partial charge in [0.2, 0.25) is 0 Å². The standard InChI is InChI=1S/C10H18FNO2/c1-10(2,3)14-9(13)6-12-8-5-4-7(8)11/h7-8,12H,4-6H2,1-3H3. The third kappa shape index (κ3) is 3.62. The van der Waals surface area contributed by atoms with E-state index in [-0.39, 0.29) is 18.6 Å². The molecule has 2 unspecified atom stereocenters. The highest BCUT2D eigenvalue weighted by atomic mass is 19.1. The van der Waals surface area contributed by atoms with Gasteiger partial charge in [0.15, 0.2) is 0 Å². The highest BCUT2D eigenvalue weighted by molar-refractivity contribution is 5.72. The van der Waals surface area contributed by atoms with Crippen molar-refractivity contribution >= 4 is 5.97 Å². The van der Waals surface area contributed by atoms with E-state index >= 15 is 0 Å². The smallest absolute Gasteiger partial charge is 0.320 e. The summed E-state index contributed by atoms with van der Waals surface area (Å²) < 4.78 is 17.8. The zero-order valence-corrected chi connectivity index (χ0v) is 8.97. The average Bonchev–Trinajstić information content (AvgIpc) is 1.98. The Morgan fingerprint density at radius 2 is 2.14 bits per heavy atom. The lowest BCUT2D eigenvalue weighted by molar-refractivity contribution is -0.154. The second-order valence-electron chi connectivity index (χ2n) is 4.67. The Morgan fingerprint density at radius 1 is 1.50 bits per heavy atom. The molecule has 1 aliphatic carbocycles. The number of rotatable bonds is 3. The highest BCUT2D eigenvalue weighted by Gasteiger charge is 2.30. The van der Waals surface area contributed by atoms with Crippen molar-refractivity contribution in [3.8, 4) is 0 Å². The molecule has 1 fully saturated rings. The Morgan fingerprint density at radius 3 is 2.50 bits per heavy atom. The van der Waals surface area contributed by atoms with Gasteiger partial charge in [0, 0.05) is 6.04 Å². The van der Waals surface area contributed by atoms with E-state index < -0.39 is 11.8 Å². The van der Waals surface area contributed by atoms with E-state index in [0.717, 1.165) is 6.42 Å². The minimum Gasteiger partial charge on any atom is -0.459 e. The molecule has 1 rings (SSSR count). The van der Waals surface area contributed by atoms with E-state index in [4.69, 9.17) is 4.74 Å². The van der Waals surface area contributed by atoms with Crippen molar-refractivity contribution in [3.63, 3.8) is 0 Å². The Balaban J connectivity index is 2.15. The van der Waals surface area contributed by atoms with E-state index in [1.165, 1.54) is 0 Å².